The summed E-state index contributed by atoms with van der Waals surface area (Å²) in [4.78, 5) is 5.92. The maximum Gasteiger partial charge on any atom is 0.148 e. The molecule has 0 aliphatic carbocycles. The van der Waals surface area contributed by atoms with Crippen LogP contribution in [0.2, 0.25) is 5.02 Å². The second-order valence-electron chi connectivity index (χ2n) is 3.31. The molecule has 1 N–H and O–H groups in total. The number of nitrogens with zero attached hydrogens (tertiary/aromatic N) is 3. The van der Waals surface area contributed by atoms with Crippen LogP contribution in [0.3, 0.4) is 0 Å². The van der Waals surface area contributed by atoms with Crippen molar-refractivity contribution in [2.75, 3.05) is 38.3 Å². The molecule has 0 unspecified atom stereocenters. The van der Waals surface area contributed by atoms with Crippen LogP contribution in [0.4, 0.5) is 5.82 Å². The molecule has 92 valence electrons. The van der Waals surface area contributed by atoms with Gasteiger partial charge in [-0.2, -0.15) is 5.26 Å². The Hall–Kier alpha value is -1.35. The zero-order chi connectivity index (χ0) is 12.7. The number of rotatable bonds is 6. The van der Waals surface area contributed by atoms with E-state index in [9.17, 15) is 0 Å². The summed E-state index contributed by atoms with van der Waals surface area (Å²) >= 11 is 6.07. The number of nitriles is 1. The van der Waals surface area contributed by atoms with E-state index in [-0.39, 0.29) is 6.61 Å². The molecule has 0 saturated heterocycles. The van der Waals surface area contributed by atoms with E-state index in [0.717, 1.165) is 0 Å². The third-order valence-corrected chi connectivity index (χ3v) is 2.60. The van der Waals surface area contributed by atoms with Crippen molar-refractivity contribution < 1.29 is 9.84 Å². The number of anilines is 1. The van der Waals surface area contributed by atoms with Gasteiger partial charge in [0.15, 0.2) is 0 Å². The first-order chi connectivity index (χ1) is 8.24. The van der Waals surface area contributed by atoms with Crippen molar-refractivity contribution in [3.05, 3.63) is 22.8 Å². The number of ether oxygens (including phenoxy) is 1. The highest BCUT2D eigenvalue weighted by atomic mass is 35.5. The number of pyridine rings is 1. The van der Waals surface area contributed by atoms with E-state index in [2.05, 4.69) is 4.98 Å². The van der Waals surface area contributed by atoms with Gasteiger partial charge in [0.05, 0.1) is 18.8 Å². The topological polar surface area (TPSA) is 69.4 Å². The molecule has 1 aromatic rings. The van der Waals surface area contributed by atoms with E-state index in [1.165, 1.54) is 6.20 Å². The Bertz CT molecular complexity index is 406. The molecule has 5 nitrogen and oxygen atoms in total. The van der Waals surface area contributed by atoms with Gasteiger partial charge in [-0.05, 0) is 6.07 Å². The molecule has 0 bridgehead atoms. The first-order valence-corrected chi connectivity index (χ1v) is 5.51. The van der Waals surface area contributed by atoms with Gasteiger partial charge in [-0.25, -0.2) is 4.98 Å². The lowest BCUT2D eigenvalue weighted by Gasteiger charge is -2.23. The molecule has 17 heavy (non-hydrogen) atoms. The maximum atomic E-state index is 9.00. The number of aliphatic hydroxyl groups excluding tert-OH is 1. The Morgan fingerprint density at radius 2 is 2.35 bits per heavy atom. The van der Waals surface area contributed by atoms with Crippen LogP contribution in [0.15, 0.2) is 12.3 Å². The molecular weight excluding hydrogens is 242 g/mol. The Labute approximate surface area is 105 Å². The average molecular weight is 256 g/mol. The van der Waals surface area contributed by atoms with Crippen LogP contribution >= 0.6 is 11.6 Å². The first kappa shape index (κ1) is 13.7. The second-order valence-corrected chi connectivity index (χ2v) is 3.69. The number of aliphatic hydroxyl groups is 1. The molecule has 0 spiro atoms. The molecule has 0 aliphatic heterocycles. The van der Waals surface area contributed by atoms with Crippen LogP contribution in [-0.4, -0.2) is 43.5 Å². The van der Waals surface area contributed by atoms with Gasteiger partial charge in [0, 0.05) is 26.4 Å². The van der Waals surface area contributed by atoms with E-state index >= 15 is 0 Å². The Balaban J connectivity index is 2.97. The van der Waals surface area contributed by atoms with Crippen molar-refractivity contribution in [2.45, 2.75) is 0 Å². The molecule has 0 radical (unpaired) electrons. The standard InChI is InChI=1S/C11H14ClN3O2/c1-17-7-5-15(4-6-16)11-10(12)9(8-13)2-3-14-11/h2-3,16H,4-7H2,1H3. The summed E-state index contributed by atoms with van der Waals surface area (Å²) in [5.41, 5.74) is 0.372. The normalized spacial score (nSPS) is 10.0. The SMILES string of the molecule is COCCN(CCO)c1nccc(C#N)c1Cl. The molecule has 1 aromatic heterocycles. The van der Waals surface area contributed by atoms with Gasteiger partial charge >= 0.3 is 0 Å². The highest BCUT2D eigenvalue weighted by molar-refractivity contribution is 6.34. The lowest BCUT2D eigenvalue weighted by atomic mass is 10.2. The van der Waals surface area contributed by atoms with Crippen molar-refractivity contribution in [3.63, 3.8) is 0 Å². The fourth-order valence-corrected chi connectivity index (χ4v) is 1.66. The number of aromatic nitrogens is 1. The third kappa shape index (κ3) is 3.56. The van der Waals surface area contributed by atoms with Crippen molar-refractivity contribution in [1.82, 2.24) is 4.98 Å². The number of methoxy groups -OCH3 is 1. The van der Waals surface area contributed by atoms with E-state index in [0.29, 0.717) is 36.1 Å². The van der Waals surface area contributed by atoms with Gasteiger partial charge in [0.2, 0.25) is 0 Å². The molecule has 0 aromatic carbocycles. The second kappa shape index (κ2) is 7.07. The summed E-state index contributed by atoms with van der Waals surface area (Å²) in [6.07, 6.45) is 1.52. The molecule has 0 fully saturated rings. The molecule has 6 heteroatoms. The van der Waals surface area contributed by atoms with Gasteiger partial charge in [0.25, 0.3) is 0 Å². The zero-order valence-electron chi connectivity index (χ0n) is 9.56. The zero-order valence-corrected chi connectivity index (χ0v) is 10.3. The number of hydrogen-bond acceptors (Lipinski definition) is 5. The summed E-state index contributed by atoms with van der Waals surface area (Å²) in [5.74, 6) is 0.497. The van der Waals surface area contributed by atoms with Crippen LogP contribution in [-0.2, 0) is 4.74 Å². The maximum absolute atomic E-state index is 9.00. The van der Waals surface area contributed by atoms with Crippen LogP contribution in [0.1, 0.15) is 5.56 Å². The smallest absolute Gasteiger partial charge is 0.148 e. The monoisotopic (exact) mass is 255 g/mol. The minimum absolute atomic E-state index is 0.0154. The molecular formula is C11H14ClN3O2. The lowest BCUT2D eigenvalue weighted by molar-refractivity contribution is 0.202. The molecule has 1 rings (SSSR count). The van der Waals surface area contributed by atoms with Gasteiger partial charge in [0.1, 0.15) is 16.9 Å². The Morgan fingerprint density at radius 3 is 2.94 bits per heavy atom. The molecule has 0 saturated carbocycles. The fourth-order valence-electron chi connectivity index (χ4n) is 1.39. The molecule has 0 atom stereocenters. The van der Waals surface area contributed by atoms with Crippen molar-refractivity contribution in [3.8, 4) is 6.07 Å². The van der Waals surface area contributed by atoms with Crippen LogP contribution in [0.5, 0.6) is 0 Å². The average Bonchev–Trinajstić information content (AvgIpc) is 2.35. The van der Waals surface area contributed by atoms with E-state index < -0.39 is 0 Å². The van der Waals surface area contributed by atoms with E-state index in [4.69, 9.17) is 26.7 Å². The van der Waals surface area contributed by atoms with Crippen molar-refractivity contribution in [1.29, 1.82) is 5.26 Å². The summed E-state index contributed by atoms with van der Waals surface area (Å²) in [6.45, 7) is 1.43. The predicted molar refractivity (Wildman–Crippen MR) is 65.1 cm³/mol. The molecule has 0 aliphatic rings. The van der Waals surface area contributed by atoms with Crippen LogP contribution in [0, 0.1) is 11.3 Å². The van der Waals surface area contributed by atoms with Crippen molar-refractivity contribution in [2.24, 2.45) is 0 Å². The predicted octanol–water partition coefficient (Wildman–Crippen LogP) is 1.05. The van der Waals surface area contributed by atoms with Gasteiger partial charge in [-0.1, -0.05) is 11.6 Å². The summed E-state index contributed by atoms with van der Waals surface area (Å²) < 4.78 is 4.98. The number of hydrogen-bond donors (Lipinski definition) is 1. The number of halogens is 1. The van der Waals surface area contributed by atoms with Crippen molar-refractivity contribution >= 4 is 17.4 Å². The third-order valence-electron chi connectivity index (χ3n) is 2.23. The van der Waals surface area contributed by atoms with Gasteiger partial charge in [-0.15, -0.1) is 0 Å². The minimum atomic E-state index is -0.0154. The fraction of sp³-hybridized carbons (Fsp3) is 0.455. The van der Waals surface area contributed by atoms with E-state index in [1.807, 2.05) is 6.07 Å². The summed E-state index contributed by atoms with van der Waals surface area (Å²) in [6, 6.07) is 3.55. The highest BCUT2D eigenvalue weighted by Crippen LogP contribution is 2.25. The lowest BCUT2D eigenvalue weighted by Crippen LogP contribution is -2.31. The van der Waals surface area contributed by atoms with Gasteiger partial charge in [-0.3, -0.25) is 0 Å². The summed E-state index contributed by atoms with van der Waals surface area (Å²) in [7, 11) is 1.60. The Morgan fingerprint density at radius 1 is 1.59 bits per heavy atom. The first-order valence-electron chi connectivity index (χ1n) is 5.14. The Kier molecular flexibility index (Phi) is 5.70. The highest BCUT2D eigenvalue weighted by Gasteiger charge is 2.14. The molecule has 1 heterocycles. The van der Waals surface area contributed by atoms with Gasteiger partial charge < -0.3 is 14.7 Å². The summed E-state index contributed by atoms with van der Waals surface area (Å²) in [5, 5.41) is 18.2. The quantitative estimate of drug-likeness (QED) is 0.823. The molecule has 0 amide bonds. The van der Waals surface area contributed by atoms with E-state index in [1.54, 1.807) is 18.1 Å². The van der Waals surface area contributed by atoms with Crippen LogP contribution < -0.4 is 4.90 Å². The minimum Gasteiger partial charge on any atom is -0.395 e. The van der Waals surface area contributed by atoms with Crippen LogP contribution in [0.25, 0.3) is 0 Å². The largest absolute Gasteiger partial charge is 0.395 e.